The number of halogens is 1. The predicted molar refractivity (Wildman–Crippen MR) is 78.4 cm³/mol. The van der Waals surface area contributed by atoms with Gasteiger partial charge in [0.15, 0.2) is 17.3 Å². The molecule has 1 aromatic rings. The molecule has 6 nitrogen and oxygen atoms in total. The third kappa shape index (κ3) is 3.61. The quantitative estimate of drug-likeness (QED) is 0.861. The zero-order valence-electron chi connectivity index (χ0n) is 13.0. The first kappa shape index (κ1) is 17.2. The van der Waals surface area contributed by atoms with Crippen LogP contribution in [0.2, 0.25) is 0 Å². The van der Waals surface area contributed by atoms with Gasteiger partial charge in [0.25, 0.3) is 0 Å². The molecule has 1 aromatic carbocycles. The van der Waals surface area contributed by atoms with Crippen LogP contribution in [0.25, 0.3) is 0 Å². The van der Waals surface area contributed by atoms with Crippen molar-refractivity contribution in [2.24, 2.45) is 0 Å². The summed E-state index contributed by atoms with van der Waals surface area (Å²) in [6.45, 7) is 1.34. The summed E-state index contributed by atoms with van der Waals surface area (Å²) in [5, 5.41) is 19.2. The van der Waals surface area contributed by atoms with Crippen LogP contribution in [0, 0.1) is 5.82 Å². The van der Waals surface area contributed by atoms with Crippen molar-refractivity contribution >= 4 is 11.8 Å². The van der Waals surface area contributed by atoms with Gasteiger partial charge in [-0.3, -0.25) is 4.79 Å². The molecular formula is C16H19FO6. The van der Waals surface area contributed by atoms with Crippen molar-refractivity contribution in [3.63, 3.8) is 0 Å². The van der Waals surface area contributed by atoms with E-state index in [1.807, 2.05) is 0 Å². The number of benzene rings is 1. The summed E-state index contributed by atoms with van der Waals surface area (Å²) in [6.07, 6.45) is 0.834. The van der Waals surface area contributed by atoms with Crippen LogP contribution in [0.1, 0.15) is 43.0 Å². The van der Waals surface area contributed by atoms with Crippen LogP contribution >= 0.6 is 0 Å². The maximum Gasteiger partial charge on any atom is 0.339 e. The number of hydrogen-bond acceptors (Lipinski definition) is 5. The zero-order valence-corrected chi connectivity index (χ0v) is 13.0. The van der Waals surface area contributed by atoms with Crippen molar-refractivity contribution < 1.29 is 33.7 Å². The summed E-state index contributed by atoms with van der Waals surface area (Å²) in [5.74, 6) is -2.53. The van der Waals surface area contributed by atoms with Gasteiger partial charge in [-0.1, -0.05) is 0 Å². The third-order valence-corrected chi connectivity index (χ3v) is 4.19. The van der Waals surface area contributed by atoms with Crippen LogP contribution in [0.15, 0.2) is 12.1 Å². The van der Waals surface area contributed by atoms with E-state index in [4.69, 9.17) is 14.6 Å². The van der Waals surface area contributed by atoms with E-state index in [-0.39, 0.29) is 41.8 Å². The fraction of sp³-hybridized carbons (Fsp3) is 0.500. The first-order valence-electron chi connectivity index (χ1n) is 7.27. The van der Waals surface area contributed by atoms with E-state index in [9.17, 15) is 19.1 Å². The van der Waals surface area contributed by atoms with Crippen molar-refractivity contribution in [2.45, 2.75) is 44.3 Å². The smallest absolute Gasteiger partial charge is 0.339 e. The Hall–Kier alpha value is -2.15. The number of ether oxygens (including phenoxy) is 2. The maximum absolute atomic E-state index is 14.0. The topological polar surface area (TPSA) is 93.1 Å². The van der Waals surface area contributed by atoms with Crippen molar-refractivity contribution in [1.29, 1.82) is 0 Å². The molecule has 0 amide bonds. The lowest BCUT2D eigenvalue weighted by Gasteiger charge is -2.34. The highest BCUT2D eigenvalue weighted by atomic mass is 19.1. The molecule has 0 saturated heterocycles. The van der Waals surface area contributed by atoms with E-state index in [2.05, 4.69) is 0 Å². The number of aromatic carboxylic acids is 1. The number of ketones is 1. The Kier molecular flexibility index (Phi) is 4.89. The highest BCUT2D eigenvalue weighted by Gasteiger charge is 2.38. The molecule has 0 aromatic heterocycles. The SMILES string of the molecule is COc1cc(F)c(OC2CCC(O)(C(C)=O)CC2)cc1C(=O)O. The number of hydrogen-bond donors (Lipinski definition) is 2. The van der Waals surface area contributed by atoms with Gasteiger partial charge in [0.05, 0.1) is 13.2 Å². The van der Waals surface area contributed by atoms with Crippen LogP contribution < -0.4 is 9.47 Å². The zero-order chi connectivity index (χ0) is 17.2. The predicted octanol–water partition coefficient (Wildman–Crippen LogP) is 2.17. The summed E-state index contributed by atoms with van der Waals surface area (Å²) in [7, 11) is 1.26. The number of carboxylic acids is 1. The van der Waals surface area contributed by atoms with Gasteiger partial charge in [-0.15, -0.1) is 0 Å². The van der Waals surface area contributed by atoms with Gasteiger partial charge in [0.1, 0.15) is 16.9 Å². The van der Waals surface area contributed by atoms with Crippen LogP contribution in [-0.2, 0) is 4.79 Å². The number of carbonyl (C=O) groups is 2. The molecule has 0 spiro atoms. The second kappa shape index (κ2) is 6.54. The first-order chi connectivity index (χ1) is 10.8. The molecule has 1 fully saturated rings. The van der Waals surface area contributed by atoms with E-state index in [0.717, 1.165) is 12.1 Å². The van der Waals surface area contributed by atoms with Gasteiger partial charge in [-0.2, -0.15) is 0 Å². The van der Waals surface area contributed by atoms with Gasteiger partial charge in [-0.25, -0.2) is 9.18 Å². The standard InChI is InChI=1S/C16H19FO6/c1-9(18)16(21)5-3-10(4-6-16)23-14-7-11(15(19)20)13(22-2)8-12(14)17/h7-8,10,21H,3-6H2,1-2H3,(H,19,20). The fourth-order valence-electron chi connectivity index (χ4n) is 2.68. The second-order valence-electron chi connectivity index (χ2n) is 5.69. The number of Topliss-reactive ketones (excluding diaryl/α,β-unsaturated/α-hetero) is 1. The van der Waals surface area contributed by atoms with Gasteiger partial charge in [0.2, 0.25) is 0 Å². The van der Waals surface area contributed by atoms with Gasteiger partial charge in [0, 0.05) is 12.1 Å². The van der Waals surface area contributed by atoms with Crippen LogP contribution in [0.5, 0.6) is 11.5 Å². The highest BCUT2D eigenvalue weighted by molar-refractivity contribution is 5.91. The van der Waals surface area contributed by atoms with Crippen molar-refractivity contribution in [3.8, 4) is 11.5 Å². The fourth-order valence-corrected chi connectivity index (χ4v) is 2.68. The molecule has 7 heteroatoms. The molecule has 126 valence electrons. The van der Waals surface area contributed by atoms with Gasteiger partial charge < -0.3 is 19.7 Å². The lowest BCUT2D eigenvalue weighted by molar-refractivity contribution is -0.140. The highest BCUT2D eigenvalue weighted by Crippen LogP contribution is 2.34. The van der Waals surface area contributed by atoms with Gasteiger partial charge >= 0.3 is 5.97 Å². The second-order valence-corrected chi connectivity index (χ2v) is 5.69. The van der Waals surface area contributed by atoms with Crippen LogP contribution in [0.3, 0.4) is 0 Å². The minimum absolute atomic E-state index is 0.0862. The summed E-state index contributed by atoms with van der Waals surface area (Å²) >= 11 is 0. The molecule has 0 heterocycles. The molecule has 1 aliphatic carbocycles. The first-order valence-corrected chi connectivity index (χ1v) is 7.27. The summed E-state index contributed by atoms with van der Waals surface area (Å²) < 4.78 is 24.4. The summed E-state index contributed by atoms with van der Waals surface area (Å²) in [5.41, 5.74) is -1.54. The minimum Gasteiger partial charge on any atom is -0.496 e. The van der Waals surface area contributed by atoms with Crippen molar-refractivity contribution in [2.75, 3.05) is 7.11 Å². The number of carbonyl (C=O) groups excluding carboxylic acids is 1. The Balaban J connectivity index is 2.14. The molecule has 2 rings (SSSR count). The van der Waals surface area contributed by atoms with Crippen molar-refractivity contribution in [3.05, 3.63) is 23.5 Å². The molecule has 0 bridgehead atoms. The van der Waals surface area contributed by atoms with E-state index in [1.165, 1.54) is 14.0 Å². The lowest BCUT2D eigenvalue weighted by atomic mass is 9.81. The Morgan fingerprint density at radius 1 is 1.26 bits per heavy atom. The molecule has 23 heavy (non-hydrogen) atoms. The molecule has 0 aliphatic heterocycles. The van der Waals surface area contributed by atoms with Crippen molar-refractivity contribution in [1.82, 2.24) is 0 Å². The molecule has 2 N–H and O–H groups in total. The number of methoxy groups -OCH3 is 1. The summed E-state index contributed by atoms with van der Waals surface area (Å²) in [6, 6.07) is 2.05. The van der Waals surface area contributed by atoms with Crippen LogP contribution in [0.4, 0.5) is 4.39 Å². The normalized spacial score (nSPS) is 24.1. The number of carboxylic acid groups (broad SMARTS) is 1. The number of rotatable bonds is 5. The molecule has 0 atom stereocenters. The van der Waals surface area contributed by atoms with E-state index in [1.54, 1.807) is 0 Å². The average molecular weight is 326 g/mol. The Morgan fingerprint density at radius 2 is 1.87 bits per heavy atom. The van der Waals surface area contributed by atoms with E-state index < -0.39 is 17.4 Å². The maximum atomic E-state index is 14.0. The molecule has 1 aliphatic rings. The molecular weight excluding hydrogens is 307 g/mol. The minimum atomic E-state index is -1.34. The molecule has 1 saturated carbocycles. The Labute approximate surface area is 132 Å². The Morgan fingerprint density at radius 3 is 2.35 bits per heavy atom. The lowest BCUT2D eigenvalue weighted by Crippen LogP contribution is -2.43. The van der Waals surface area contributed by atoms with E-state index in [0.29, 0.717) is 12.8 Å². The molecule has 0 unspecified atom stereocenters. The monoisotopic (exact) mass is 326 g/mol. The molecule has 0 radical (unpaired) electrons. The largest absolute Gasteiger partial charge is 0.496 e. The average Bonchev–Trinajstić information content (AvgIpc) is 2.50. The third-order valence-electron chi connectivity index (χ3n) is 4.19. The van der Waals surface area contributed by atoms with Crippen LogP contribution in [-0.4, -0.2) is 40.8 Å². The summed E-state index contributed by atoms with van der Waals surface area (Å²) in [4.78, 5) is 22.6. The van der Waals surface area contributed by atoms with E-state index >= 15 is 0 Å². The van der Waals surface area contributed by atoms with Gasteiger partial charge in [-0.05, 0) is 32.6 Å². The Bertz CT molecular complexity index is 619. The number of aliphatic hydroxyl groups is 1.